The lowest BCUT2D eigenvalue weighted by Crippen LogP contribution is -1.99. The molecule has 17 heavy (non-hydrogen) atoms. The van der Waals surface area contributed by atoms with E-state index < -0.39 is 16.0 Å². The standard InChI is InChI=1S/C12H15NO3S/c1-8(17(14)15)10-3-5-11(6-4-10)12-7-16-9(2)13-12/h3-6,8,12,17H,7H2,1-2H3. The zero-order valence-electron chi connectivity index (χ0n) is 9.79. The van der Waals surface area contributed by atoms with Crippen LogP contribution in [0.25, 0.3) is 0 Å². The quantitative estimate of drug-likeness (QED) is 0.836. The van der Waals surface area contributed by atoms with Crippen molar-refractivity contribution in [3.63, 3.8) is 0 Å². The Morgan fingerprint density at radius 1 is 1.35 bits per heavy atom. The maximum atomic E-state index is 10.9. The SMILES string of the molecule is CC1=NC(c2ccc(C(C)[SH](=O)=O)cc2)CO1. The van der Waals surface area contributed by atoms with Gasteiger partial charge in [-0.05, 0) is 18.1 Å². The molecule has 0 saturated heterocycles. The van der Waals surface area contributed by atoms with Gasteiger partial charge in [0.2, 0.25) is 0 Å². The predicted octanol–water partition coefficient (Wildman–Crippen LogP) is 1.85. The van der Waals surface area contributed by atoms with Crippen LogP contribution >= 0.6 is 0 Å². The lowest BCUT2D eigenvalue weighted by atomic mass is 10.0. The van der Waals surface area contributed by atoms with Gasteiger partial charge in [0.05, 0.1) is 5.25 Å². The molecule has 1 aromatic carbocycles. The molecule has 0 radical (unpaired) electrons. The van der Waals surface area contributed by atoms with Gasteiger partial charge < -0.3 is 4.74 Å². The Balaban J connectivity index is 2.19. The van der Waals surface area contributed by atoms with Crippen molar-refractivity contribution in [1.82, 2.24) is 0 Å². The summed E-state index contributed by atoms with van der Waals surface area (Å²) in [6, 6.07) is 7.56. The average Bonchev–Trinajstić information content (AvgIpc) is 2.75. The number of thiol groups is 1. The minimum absolute atomic E-state index is 0.0420. The lowest BCUT2D eigenvalue weighted by Gasteiger charge is -2.08. The van der Waals surface area contributed by atoms with Gasteiger partial charge in [0.25, 0.3) is 0 Å². The summed E-state index contributed by atoms with van der Waals surface area (Å²) in [4.78, 5) is 4.34. The summed E-state index contributed by atoms with van der Waals surface area (Å²) in [5.74, 6) is 0.704. The lowest BCUT2D eigenvalue weighted by molar-refractivity contribution is 0.317. The molecule has 1 aromatic rings. The molecule has 0 N–H and O–H groups in total. The molecule has 2 rings (SSSR count). The normalized spacial score (nSPS) is 21.1. The maximum absolute atomic E-state index is 10.9. The highest BCUT2D eigenvalue weighted by atomic mass is 32.2. The molecule has 2 unspecified atom stereocenters. The number of benzene rings is 1. The second-order valence-electron chi connectivity index (χ2n) is 4.10. The topological polar surface area (TPSA) is 55.7 Å². The predicted molar refractivity (Wildman–Crippen MR) is 67.0 cm³/mol. The third-order valence-corrected chi connectivity index (χ3v) is 3.84. The third-order valence-electron chi connectivity index (χ3n) is 2.91. The molecule has 0 aromatic heterocycles. The van der Waals surface area contributed by atoms with E-state index in [0.29, 0.717) is 12.5 Å². The summed E-state index contributed by atoms with van der Waals surface area (Å²) in [5, 5.41) is -0.441. The maximum Gasteiger partial charge on any atom is 0.180 e. The molecule has 4 nitrogen and oxygen atoms in total. The highest BCUT2D eigenvalue weighted by Gasteiger charge is 2.18. The van der Waals surface area contributed by atoms with Crippen molar-refractivity contribution in [3.05, 3.63) is 35.4 Å². The Hall–Kier alpha value is -1.36. The van der Waals surface area contributed by atoms with Crippen molar-refractivity contribution in [3.8, 4) is 0 Å². The van der Waals surface area contributed by atoms with E-state index in [1.807, 2.05) is 31.2 Å². The molecule has 0 bridgehead atoms. The van der Waals surface area contributed by atoms with Crippen molar-refractivity contribution in [1.29, 1.82) is 0 Å². The van der Waals surface area contributed by atoms with Crippen molar-refractivity contribution in [2.45, 2.75) is 25.1 Å². The summed E-state index contributed by atoms with van der Waals surface area (Å²) in [6.07, 6.45) is 0. The molecule has 0 saturated carbocycles. The number of hydrogen-bond acceptors (Lipinski definition) is 4. The summed E-state index contributed by atoms with van der Waals surface area (Å²) >= 11 is 0. The minimum Gasteiger partial charge on any atom is -0.479 e. The molecule has 1 heterocycles. The van der Waals surface area contributed by atoms with E-state index in [0.717, 1.165) is 11.1 Å². The monoisotopic (exact) mass is 253 g/mol. The first-order chi connectivity index (χ1) is 8.08. The van der Waals surface area contributed by atoms with Crippen molar-refractivity contribution < 1.29 is 13.2 Å². The average molecular weight is 253 g/mol. The summed E-state index contributed by atoms with van der Waals surface area (Å²) in [6.45, 7) is 4.08. The highest BCUT2D eigenvalue weighted by molar-refractivity contribution is 7.72. The minimum atomic E-state index is -2.42. The van der Waals surface area contributed by atoms with Gasteiger partial charge in [-0.1, -0.05) is 24.3 Å². The van der Waals surface area contributed by atoms with Crippen LogP contribution in [0, 0.1) is 0 Å². The van der Waals surface area contributed by atoms with E-state index in [-0.39, 0.29) is 6.04 Å². The van der Waals surface area contributed by atoms with Gasteiger partial charge in [0.15, 0.2) is 5.90 Å². The van der Waals surface area contributed by atoms with Gasteiger partial charge in [-0.2, -0.15) is 0 Å². The van der Waals surface area contributed by atoms with Crippen LogP contribution in [0.15, 0.2) is 29.3 Å². The van der Waals surface area contributed by atoms with E-state index in [9.17, 15) is 8.42 Å². The zero-order chi connectivity index (χ0) is 12.4. The van der Waals surface area contributed by atoms with Gasteiger partial charge in [-0.25, -0.2) is 13.4 Å². The Morgan fingerprint density at radius 2 is 2.00 bits per heavy atom. The molecule has 1 aliphatic heterocycles. The number of nitrogens with zero attached hydrogens (tertiary/aromatic N) is 1. The molecule has 0 fully saturated rings. The van der Waals surface area contributed by atoms with E-state index >= 15 is 0 Å². The van der Waals surface area contributed by atoms with Crippen LogP contribution in [0.4, 0.5) is 0 Å². The van der Waals surface area contributed by atoms with Gasteiger partial charge in [0, 0.05) is 6.92 Å². The second kappa shape index (κ2) is 4.87. The first-order valence-electron chi connectivity index (χ1n) is 5.48. The molecular formula is C12H15NO3S. The van der Waals surface area contributed by atoms with Crippen molar-refractivity contribution in [2.75, 3.05) is 6.61 Å². The first kappa shape index (κ1) is 12.1. The summed E-state index contributed by atoms with van der Waals surface area (Å²) in [5.41, 5.74) is 1.86. The largest absolute Gasteiger partial charge is 0.479 e. The van der Waals surface area contributed by atoms with Gasteiger partial charge >= 0.3 is 0 Å². The van der Waals surface area contributed by atoms with Crippen LogP contribution in [0.3, 0.4) is 0 Å². The molecule has 2 atom stereocenters. The van der Waals surface area contributed by atoms with E-state index in [2.05, 4.69) is 4.99 Å². The smallest absolute Gasteiger partial charge is 0.180 e. The molecule has 0 amide bonds. The fraction of sp³-hybridized carbons (Fsp3) is 0.417. The van der Waals surface area contributed by atoms with Crippen molar-refractivity contribution >= 4 is 16.6 Å². The fourth-order valence-electron chi connectivity index (χ4n) is 1.78. The summed E-state index contributed by atoms with van der Waals surface area (Å²) in [7, 11) is -2.42. The van der Waals surface area contributed by atoms with Crippen LogP contribution in [-0.4, -0.2) is 20.9 Å². The molecule has 1 aliphatic rings. The second-order valence-corrected chi connectivity index (χ2v) is 5.45. The van der Waals surface area contributed by atoms with Gasteiger partial charge in [0.1, 0.15) is 23.4 Å². The number of rotatable bonds is 3. The summed E-state index contributed by atoms with van der Waals surface area (Å²) < 4.78 is 27.0. The Labute approximate surface area is 102 Å². The van der Waals surface area contributed by atoms with Crippen LogP contribution in [0.2, 0.25) is 0 Å². The van der Waals surface area contributed by atoms with Gasteiger partial charge in [-0.3, -0.25) is 0 Å². The van der Waals surface area contributed by atoms with Crippen molar-refractivity contribution in [2.24, 2.45) is 4.99 Å². The number of hydrogen-bond donors (Lipinski definition) is 1. The van der Waals surface area contributed by atoms with E-state index in [1.165, 1.54) is 0 Å². The van der Waals surface area contributed by atoms with Crippen LogP contribution in [0.5, 0.6) is 0 Å². The van der Waals surface area contributed by atoms with E-state index in [1.54, 1.807) is 6.92 Å². The van der Waals surface area contributed by atoms with Gasteiger partial charge in [-0.15, -0.1) is 0 Å². The van der Waals surface area contributed by atoms with Crippen LogP contribution in [-0.2, 0) is 15.4 Å². The number of ether oxygens (including phenoxy) is 1. The van der Waals surface area contributed by atoms with Crippen LogP contribution in [0.1, 0.15) is 36.3 Å². The highest BCUT2D eigenvalue weighted by Crippen LogP contribution is 2.25. The van der Waals surface area contributed by atoms with Crippen LogP contribution < -0.4 is 0 Å². The number of aliphatic imine (C=N–C) groups is 1. The molecule has 0 spiro atoms. The Bertz CT molecular complexity index is 497. The first-order valence-corrected chi connectivity index (χ1v) is 6.73. The Morgan fingerprint density at radius 3 is 2.47 bits per heavy atom. The third kappa shape index (κ3) is 2.66. The molecule has 0 aliphatic carbocycles. The molecule has 92 valence electrons. The van der Waals surface area contributed by atoms with E-state index in [4.69, 9.17) is 4.74 Å². The molecular weight excluding hydrogens is 238 g/mol. The fourth-order valence-corrected chi connectivity index (χ4v) is 2.20. The zero-order valence-corrected chi connectivity index (χ0v) is 10.7. The molecule has 5 heteroatoms. The Kier molecular flexibility index (Phi) is 3.47.